The summed E-state index contributed by atoms with van der Waals surface area (Å²) < 4.78 is 11.9. The van der Waals surface area contributed by atoms with E-state index in [2.05, 4.69) is 17.6 Å². The summed E-state index contributed by atoms with van der Waals surface area (Å²) in [5.74, 6) is 0.563. The molecular formula is C25H28N2O4. The third-order valence-corrected chi connectivity index (χ3v) is 6.00. The number of hydrogen-bond acceptors (Lipinski definition) is 4. The average molecular weight is 421 g/mol. The van der Waals surface area contributed by atoms with Crippen molar-refractivity contribution in [1.82, 2.24) is 10.6 Å². The number of nitrogens with one attached hydrogen (secondary N) is 2. The third kappa shape index (κ3) is 4.74. The minimum Gasteiger partial charge on any atom is -0.489 e. The largest absolute Gasteiger partial charge is 0.489 e. The Hall–Kier alpha value is -3.28. The Labute approximate surface area is 182 Å². The van der Waals surface area contributed by atoms with Gasteiger partial charge in [-0.2, -0.15) is 0 Å². The number of para-hydroxylation sites is 1. The van der Waals surface area contributed by atoms with Crippen molar-refractivity contribution in [2.24, 2.45) is 5.92 Å². The molecule has 1 fully saturated rings. The molecule has 31 heavy (non-hydrogen) atoms. The van der Waals surface area contributed by atoms with Crippen molar-refractivity contribution >= 4 is 12.0 Å². The van der Waals surface area contributed by atoms with E-state index in [1.807, 2.05) is 54.6 Å². The molecule has 6 nitrogen and oxygen atoms in total. The molecule has 2 N–H and O–H groups in total. The molecule has 0 radical (unpaired) electrons. The molecule has 1 aliphatic heterocycles. The summed E-state index contributed by atoms with van der Waals surface area (Å²) in [6, 6.07) is 16.3. The second kappa shape index (κ2) is 9.25. The van der Waals surface area contributed by atoms with Crippen LogP contribution in [0.5, 0.6) is 5.75 Å². The van der Waals surface area contributed by atoms with Gasteiger partial charge in [-0.25, -0.2) is 9.59 Å². The smallest absolute Gasteiger partial charge is 0.338 e. The van der Waals surface area contributed by atoms with E-state index in [9.17, 15) is 9.59 Å². The predicted molar refractivity (Wildman–Crippen MR) is 117 cm³/mol. The second-order valence-corrected chi connectivity index (χ2v) is 8.23. The standard InChI is InChI=1S/C25H28N2O4/c1-16-9-8-14-20(16)31-24(28)22-17(2)26-25(29)27-23(22)19-12-6-7-13-21(19)30-15-18-10-4-3-5-11-18/h3-7,10-13,16,20,23H,8-9,14-15H2,1-2H3,(H2,26,27,29). The van der Waals surface area contributed by atoms with Crippen molar-refractivity contribution in [2.45, 2.75) is 51.9 Å². The first-order chi connectivity index (χ1) is 15.0. The number of allylic oxidation sites excluding steroid dienone is 1. The fourth-order valence-corrected chi connectivity index (χ4v) is 4.27. The molecule has 3 unspecified atom stereocenters. The van der Waals surface area contributed by atoms with E-state index in [-0.39, 0.29) is 12.1 Å². The first kappa shape index (κ1) is 21.0. The van der Waals surface area contributed by atoms with Gasteiger partial charge in [0.15, 0.2) is 0 Å². The van der Waals surface area contributed by atoms with Gasteiger partial charge in [0.2, 0.25) is 0 Å². The molecule has 1 aliphatic carbocycles. The summed E-state index contributed by atoms with van der Waals surface area (Å²) >= 11 is 0. The maximum Gasteiger partial charge on any atom is 0.338 e. The Morgan fingerprint density at radius 3 is 2.55 bits per heavy atom. The number of carbonyl (C=O) groups is 2. The molecule has 162 valence electrons. The third-order valence-electron chi connectivity index (χ3n) is 6.00. The van der Waals surface area contributed by atoms with E-state index in [0.717, 1.165) is 30.4 Å². The van der Waals surface area contributed by atoms with Crippen LogP contribution in [0.25, 0.3) is 0 Å². The number of esters is 1. The zero-order chi connectivity index (χ0) is 21.8. The van der Waals surface area contributed by atoms with Crippen LogP contribution in [-0.2, 0) is 16.1 Å². The van der Waals surface area contributed by atoms with Gasteiger partial charge in [0.1, 0.15) is 18.5 Å². The monoisotopic (exact) mass is 420 g/mol. The van der Waals surface area contributed by atoms with Crippen molar-refractivity contribution in [1.29, 1.82) is 0 Å². The highest BCUT2D eigenvalue weighted by Gasteiger charge is 2.36. The van der Waals surface area contributed by atoms with Gasteiger partial charge < -0.3 is 20.1 Å². The summed E-state index contributed by atoms with van der Waals surface area (Å²) in [6.07, 6.45) is 2.91. The van der Waals surface area contributed by atoms with Gasteiger partial charge in [-0.1, -0.05) is 55.5 Å². The van der Waals surface area contributed by atoms with Crippen LogP contribution in [0.1, 0.15) is 50.3 Å². The zero-order valence-corrected chi connectivity index (χ0v) is 17.9. The Balaban J connectivity index is 1.61. The topological polar surface area (TPSA) is 76.7 Å². The minimum atomic E-state index is -0.648. The number of carbonyl (C=O) groups excluding carboxylic acids is 2. The highest BCUT2D eigenvalue weighted by Crippen LogP contribution is 2.35. The SMILES string of the molecule is CC1=C(C(=O)OC2CCCC2C)C(c2ccccc2OCc2ccccc2)NC(=O)N1. The average Bonchev–Trinajstić information content (AvgIpc) is 3.16. The molecule has 3 atom stereocenters. The first-order valence-electron chi connectivity index (χ1n) is 10.8. The normalized spacial score (nSPS) is 23.2. The molecular weight excluding hydrogens is 392 g/mol. The van der Waals surface area contributed by atoms with Crippen LogP contribution in [0.3, 0.4) is 0 Å². The maximum absolute atomic E-state index is 13.2. The lowest BCUT2D eigenvalue weighted by atomic mass is 9.94. The highest BCUT2D eigenvalue weighted by atomic mass is 16.5. The lowest BCUT2D eigenvalue weighted by molar-refractivity contribution is -0.146. The van der Waals surface area contributed by atoms with Crippen molar-refractivity contribution in [2.75, 3.05) is 0 Å². The highest BCUT2D eigenvalue weighted by molar-refractivity contribution is 5.95. The molecule has 1 saturated carbocycles. The lowest BCUT2D eigenvalue weighted by Crippen LogP contribution is -2.45. The van der Waals surface area contributed by atoms with Gasteiger partial charge in [0, 0.05) is 11.3 Å². The van der Waals surface area contributed by atoms with Crippen LogP contribution >= 0.6 is 0 Å². The van der Waals surface area contributed by atoms with Crippen molar-refractivity contribution in [3.05, 3.63) is 77.0 Å². The Kier molecular flexibility index (Phi) is 6.26. The van der Waals surface area contributed by atoms with Crippen molar-refractivity contribution < 1.29 is 19.1 Å². The van der Waals surface area contributed by atoms with E-state index in [1.54, 1.807) is 6.92 Å². The zero-order valence-electron chi connectivity index (χ0n) is 17.9. The molecule has 0 bridgehead atoms. The first-order valence-corrected chi connectivity index (χ1v) is 10.8. The molecule has 1 heterocycles. The van der Waals surface area contributed by atoms with E-state index < -0.39 is 12.0 Å². The number of hydrogen-bond donors (Lipinski definition) is 2. The number of rotatable bonds is 6. The quantitative estimate of drug-likeness (QED) is 0.669. The van der Waals surface area contributed by atoms with E-state index in [0.29, 0.717) is 29.5 Å². The fourth-order valence-electron chi connectivity index (χ4n) is 4.27. The second-order valence-electron chi connectivity index (χ2n) is 8.23. The molecule has 2 aromatic rings. The molecule has 2 aliphatic rings. The molecule has 0 saturated heterocycles. The predicted octanol–water partition coefficient (Wildman–Crippen LogP) is 4.63. The van der Waals surface area contributed by atoms with Gasteiger partial charge in [-0.3, -0.25) is 0 Å². The van der Waals surface area contributed by atoms with Crippen LogP contribution in [0.4, 0.5) is 4.79 Å². The maximum atomic E-state index is 13.2. The van der Waals surface area contributed by atoms with E-state index >= 15 is 0 Å². The molecule has 6 heteroatoms. The van der Waals surface area contributed by atoms with Crippen LogP contribution in [-0.4, -0.2) is 18.1 Å². The Morgan fingerprint density at radius 2 is 1.81 bits per heavy atom. The van der Waals surface area contributed by atoms with Gasteiger partial charge in [-0.05, 0) is 43.7 Å². The van der Waals surface area contributed by atoms with Gasteiger partial charge in [0.05, 0.1) is 11.6 Å². The van der Waals surface area contributed by atoms with Gasteiger partial charge in [-0.15, -0.1) is 0 Å². The molecule has 2 aromatic carbocycles. The van der Waals surface area contributed by atoms with Crippen LogP contribution in [0, 0.1) is 5.92 Å². The van der Waals surface area contributed by atoms with Crippen LogP contribution in [0.2, 0.25) is 0 Å². The number of benzene rings is 2. The number of ether oxygens (including phenoxy) is 2. The minimum absolute atomic E-state index is 0.0874. The summed E-state index contributed by atoms with van der Waals surface area (Å²) in [5.41, 5.74) is 2.67. The molecule has 4 rings (SSSR count). The van der Waals surface area contributed by atoms with Gasteiger partial charge in [0.25, 0.3) is 0 Å². The van der Waals surface area contributed by atoms with E-state index in [4.69, 9.17) is 9.47 Å². The number of urea groups is 1. The summed E-state index contributed by atoms with van der Waals surface area (Å²) in [6.45, 7) is 4.23. The van der Waals surface area contributed by atoms with Gasteiger partial charge >= 0.3 is 12.0 Å². The molecule has 2 amide bonds. The molecule has 0 aromatic heterocycles. The lowest BCUT2D eigenvalue weighted by Gasteiger charge is -2.30. The summed E-state index contributed by atoms with van der Waals surface area (Å²) in [5, 5.41) is 5.59. The van der Waals surface area contributed by atoms with Crippen molar-refractivity contribution in [3.8, 4) is 5.75 Å². The van der Waals surface area contributed by atoms with Crippen LogP contribution < -0.4 is 15.4 Å². The van der Waals surface area contributed by atoms with E-state index in [1.165, 1.54) is 0 Å². The number of amides is 2. The fraction of sp³-hybridized carbons (Fsp3) is 0.360. The summed E-state index contributed by atoms with van der Waals surface area (Å²) in [7, 11) is 0. The Bertz CT molecular complexity index is 986. The van der Waals surface area contributed by atoms with Crippen molar-refractivity contribution in [3.63, 3.8) is 0 Å². The molecule has 0 spiro atoms. The van der Waals surface area contributed by atoms with Crippen LogP contribution in [0.15, 0.2) is 65.9 Å². The summed E-state index contributed by atoms with van der Waals surface area (Å²) in [4.78, 5) is 25.4. The Morgan fingerprint density at radius 1 is 1.06 bits per heavy atom.